The minimum absolute atomic E-state index is 0. The zero-order valence-electron chi connectivity index (χ0n) is 13.2. The monoisotopic (exact) mass is 348 g/mol. The Morgan fingerprint density at radius 2 is 1.77 bits per heavy atom. The van der Waals surface area contributed by atoms with Crippen molar-refractivity contribution in [3.05, 3.63) is 35.1 Å². The Bertz CT molecular complexity index is 458. The van der Waals surface area contributed by atoms with Gasteiger partial charge in [-0.3, -0.25) is 4.90 Å². The number of nitrogens with one attached hydrogen (secondary N) is 1. The molecule has 1 aromatic carbocycles. The third-order valence-electron chi connectivity index (χ3n) is 4.94. The Morgan fingerprint density at radius 3 is 2.36 bits per heavy atom. The molecule has 126 valence electrons. The third-order valence-corrected chi connectivity index (χ3v) is 4.94. The minimum Gasteiger partial charge on any atom is -0.314 e. The van der Waals surface area contributed by atoms with Crippen molar-refractivity contribution in [2.75, 3.05) is 26.2 Å². The average Bonchev–Trinajstić information content (AvgIpc) is 2.97. The lowest BCUT2D eigenvalue weighted by Gasteiger charge is -2.39. The lowest BCUT2D eigenvalue weighted by atomic mass is 9.87. The van der Waals surface area contributed by atoms with E-state index in [1.54, 1.807) is 12.1 Å². The fraction of sp³-hybridized carbons (Fsp3) is 0.647. The van der Waals surface area contributed by atoms with Gasteiger partial charge >= 0.3 is 0 Å². The molecule has 0 aromatic heterocycles. The van der Waals surface area contributed by atoms with Crippen molar-refractivity contribution in [3.63, 3.8) is 0 Å². The molecule has 0 spiro atoms. The lowest BCUT2D eigenvalue weighted by molar-refractivity contribution is 0.125. The van der Waals surface area contributed by atoms with Crippen molar-refractivity contribution in [2.45, 2.75) is 38.6 Å². The van der Waals surface area contributed by atoms with Crippen LogP contribution in [0.4, 0.5) is 4.39 Å². The molecule has 0 unspecified atom stereocenters. The summed E-state index contributed by atoms with van der Waals surface area (Å²) < 4.78 is 13.4. The van der Waals surface area contributed by atoms with E-state index in [4.69, 9.17) is 0 Å². The number of halogens is 3. The maximum atomic E-state index is 13.4. The molecule has 0 radical (unpaired) electrons. The molecule has 3 rings (SSSR count). The van der Waals surface area contributed by atoms with Crippen molar-refractivity contribution >= 4 is 24.8 Å². The van der Waals surface area contributed by atoms with E-state index in [9.17, 15) is 4.39 Å². The Hall–Kier alpha value is -0.350. The molecule has 1 saturated carbocycles. The molecule has 22 heavy (non-hydrogen) atoms. The lowest BCUT2D eigenvalue weighted by Crippen LogP contribution is -2.46. The van der Waals surface area contributed by atoms with Crippen molar-refractivity contribution in [3.8, 4) is 0 Å². The highest BCUT2D eigenvalue weighted by atomic mass is 35.5. The van der Waals surface area contributed by atoms with Gasteiger partial charge < -0.3 is 5.32 Å². The summed E-state index contributed by atoms with van der Waals surface area (Å²) in [5, 5.41) is 3.43. The summed E-state index contributed by atoms with van der Waals surface area (Å²) in [7, 11) is 0. The van der Waals surface area contributed by atoms with Gasteiger partial charge in [0.2, 0.25) is 0 Å². The van der Waals surface area contributed by atoms with Crippen LogP contribution in [0.1, 0.15) is 42.9 Å². The number of benzene rings is 1. The van der Waals surface area contributed by atoms with E-state index < -0.39 is 0 Å². The van der Waals surface area contributed by atoms with Crippen molar-refractivity contribution in [2.24, 2.45) is 5.92 Å². The molecule has 1 heterocycles. The van der Waals surface area contributed by atoms with Gasteiger partial charge in [-0.25, -0.2) is 4.39 Å². The van der Waals surface area contributed by atoms with Gasteiger partial charge in [0.05, 0.1) is 0 Å². The quantitative estimate of drug-likeness (QED) is 0.883. The van der Waals surface area contributed by atoms with Gasteiger partial charge in [0, 0.05) is 32.2 Å². The summed E-state index contributed by atoms with van der Waals surface area (Å²) in [5.41, 5.74) is 2.46. The fourth-order valence-electron chi connectivity index (χ4n) is 3.95. The van der Waals surface area contributed by atoms with Gasteiger partial charge in [0.15, 0.2) is 0 Å². The molecule has 1 saturated heterocycles. The van der Waals surface area contributed by atoms with Crippen molar-refractivity contribution in [1.82, 2.24) is 10.2 Å². The Balaban J connectivity index is 0.00000121. The molecular weight excluding hydrogens is 322 g/mol. The number of hydrogen-bond donors (Lipinski definition) is 1. The smallest absolute Gasteiger partial charge is 0.123 e. The average molecular weight is 349 g/mol. The van der Waals surface area contributed by atoms with Crippen LogP contribution in [0.5, 0.6) is 0 Å². The van der Waals surface area contributed by atoms with Crippen LogP contribution < -0.4 is 5.32 Å². The van der Waals surface area contributed by atoms with Crippen LogP contribution in [0.15, 0.2) is 18.2 Å². The summed E-state index contributed by atoms with van der Waals surface area (Å²) in [6.45, 7) is 6.42. The van der Waals surface area contributed by atoms with Gasteiger partial charge in [0.25, 0.3) is 0 Å². The second-order valence-corrected chi connectivity index (χ2v) is 6.28. The van der Waals surface area contributed by atoms with Crippen LogP contribution in [0.3, 0.4) is 0 Å². The van der Waals surface area contributed by atoms with E-state index in [1.165, 1.54) is 31.2 Å². The molecule has 5 heteroatoms. The van der Waals surface area contributed by atoms with Gasteiger partial charge in [0.1, 0.15) is 5.82 Å². The molecule has 2 aliphatic rings. The number of rotatable bonds is 3. The molecule has 0 bridgehead atoms. The van der Waals surface area contributed by atoms with Gasteiger partial charge in [-0.05, 0) is 48.9 Å². The van der Waals surface area contributed by atoms with E-state index in [0.29, 0.717) is 6.04 Å². The van der Waals surface area contributed by atoms with Crippen LogP contribution in [0.25, 0.3) is 0 Å². The second kappa shape index (κ2) is 9.07. The topological polar surface area (TPSA) is 15.3 Å². The largest absolute Gasteiger partial charge is 0.314 e. The molecule has 2 nitrogen and oxygen atoms in total. The molecule has 0 amide bonds. The van der Waals surface area contributed by atoms with Gasteiger partial charge in [-0.1, -0.05) is 18.9 Å². The predicted octanol–water partition coefficient (Wildman–Crippen LogP) is 4.11. The second-order valence-electron chi connectivity index (χ2n) is 6.28. The molecular formula is C17H27Cl2FN2. The molecule has 1 atom stereocenters. The normalized spacial score (nSPS) is 21.0. The van der Waals surface area contributed by atoms with Crippen LogP contribution in [-0.2, 0) is 0 Å². The summed E-state index contributed by atoms with van der Waals surface area (Å²) in [6, 6.07) is 5.84. The highest BCUT2D eigenvalue weighted by Crippen LogP contribution is 2.40. The number of piperazine rings is 1. The minimum atomic E-state index is -0.114. The van der Waals surface area contributed by atoms with Crippen LogP contribution in [-0.4, -0.2) is 31.1 Å². The van der Waals surface area contributed by atoms with Gasteiger partial charge in [-0.15, -0.1) is 24.8 Å². The highest BCUT2D eigenvalue weighted by Gasteiger charge is 2.32. The first-order valence-electron chi connectivity index (χ1n) is 7.96. The number of nitrogens with zero attached hydrogens (tertiary/aromatic N) is 1. The molecule has 1 aromatic rings. The van der Waals surface area contributed by atoms with Gasteiger partial charge in [-0.2, -0.15) is 0 Å². The fourth-order valence-corrected chi connectivity index (χ4v) is 3.95. The Kier molecular flexibility index (Phi) is 8.12. The zero-order valence-corrected chi connectivity index (χ0v) is 14.8. The first-order valence-corrected chi connectivity index (χ1v) is 7.96. The van der Waals surface area contributed by atoms with Crippen LogP contribution in [0, 0.1) is 18.7 Å². The van der Waals surface area contributed by atoms with E-state index in [2.05, 4.69) is 17.1 Å². The first-order chi connectivity index (χ1) is 9.75. The maximum Gasteiger partial charge on any atom is 0.123 e. The molecule has 1 N–H and O–H groups in total. The van der Waals surface area contributed by atoms with Crippen LogP contribution in [0.2, 0.25) is 0 Å². The summed E-state index contributed by atoms with van der Waals surface area (Å²) in [6.07, 6.45) is 5.36. The molecule has 1 aliphatic carbocycles. The van der Waals surface area contributed by atoms with E-state index in [1.807, 2.05) is 6.07 Å². The number of hydrogen-bond acceptors (Lipinski definition) is 2. The molecule has 2 fully saturated rings. The predicted molar refractivity (Wildman–Crippen MR) is 94.8 cm³/mol. The maximum absolute atomic E-state index is 13.4. The number of aryl methyl sites for hydroxylation is 1. The third kappa shape index (κ3) is 4.35. The Morgan fingerprint density at radius 1 is 1.14 bits per heavy atom. The zero-order chi connectivity index (χ0) is 13.9. The van der Waals surface area contributed by atoms with E-state index in [-0.39, 0.29) is 30.6 Å². The van der Waals surface area contributed by atoms with E-state index in [0.717, 1.165) is 37.7 Å². The Labute approximate surface area is 145 Å². The SMILES string of the molecule is Cc1cc(F)ccc1[C@@H](C1CCCC1)N1CCNCC1.Cl.Cl. The van der Waals surface area contributed by atoms with Crippen molar-refractivity contribution < 1.29 is 4.39 Å². The summed E-state index contributed by atoms with van der Waals surface area (Å²) >= 11 is 0. The molecule has 1 aliphatic heterocycles. The van der Waals surface area contributed by atoms with Crippen LogP contribution >= 0.6 is 24.8 Å². The summed E-state index contributed by atoms with van der Waals surface area (Å²) in [4.78, 5) is 2.62. The van der Waals surface area contributed by atoms with E-state index >= 15 is 0 Å². The van der Waals surface area contributed by atoms with Crippen molar-refractivity contribution in [1.29, 1.82) is 0 Å². The standard InChI is InChI=1S/C17H25FN2.2ClH/c1-13-12-15(18)6-7-16(13)17(14-4-2-3-5-14)20-10-8-19-9-11-20;;/h6-7,12,14,17,19H,2-5,8-11H2,1H3;2*1H/t17-;;/m1../s1. The summed E-state index contributed by atoms with van der Waals surface area (Å²) in [5.74, 6) is 0.633. The first kappa shape index (κ1) is 19.7. The highest BCUT2D eigenvalue weighted by molar-refractivity contribution is 5.85.